The minimum atomic E-state index is -1.02. The quantitative estimate of drug-likeness (QED) is 0.905. The van der Waals surface area contributed by atoms with Crippen LogP contribution in [0, 0.1) is 11.6 Å². The summed E-state index contributed by atoms with van der Waals surface area (Å²) in [5, 5.41) is 11.0. The molecule has 2 N–H and O–H groups in total. The highest BCUT2D eigenvalue weighted by Crippen LogP contribution is 2.13. The zero-order valence-electron chi connectivity index (χ0n) is 10.6. The van der Waals surface area contributed by atoms with Crippen molar-refractivity contribution < 1.29 is 23.5 Å². The molecule has 1 heterocycles. The van der Waals surface area contributed by atoms with E-state index in [0.717, 1.165) is 12.1 Å². The molecule has 0 spiro atoms. The monoisotopic (exact) mass is 292 g/mol. The first-order chi connectivity index (χ1) is 9.95. The van der Waals surface area contributed by atoms with Crippen LogP contribution >= 0.6 is 0 Å². The van der Waals surface area contributed by atoms with Gasteiger partial charge >= 0.3 is 5.97 Å². The number of amides is 1. The second-order valence-electron chi connectivity index (χ2n) is 4.19. The number of aliphatic carboxylic acids is 1. The highest BCUT2D eigenvalue weighted by molar-refractivity contribution is 6.04. The molecule has 1 amide bonds. The van der Waals surface area contributed by atoms with Crippen molar-refractivity contribution in [1.29, 1.82) is 0 Å². The number of carbonyl (C=O) groups excluding carboxylic acids is 1. The van der Waals surface area contributed by atoms with Crippen LogP contribution in [0.15, 0.2) is 36.5 Å². The molecule has 1 aromatic carbocycles. The lowest BCUT2D eigenvalue weighted by molar-refractivity contribution is -0.136. The smallest absolute Gasteiger partial charge is 0.309 e. The van der Waals surface area contributed by atoms with Crippen molar-refractivity contribution in [3.63, 3.8) is 0 Å². The second kappa shape index (κ2) is 6.08. The lowest BCUT2D eigenvalue weighted by Crippen LogP contribution is -2.14. The predicted octanol–water partition coefficient (Wildman–Crippen LogP) is 2.24. The number of nitrogens with one attached hydrogen (secondary N) is 1. The maximum atomic E-state index is 13.4. The summed E-state index contributed by atoms with van der Waals surface area (Å²) in [4.78, 5) is 26.2. The predicted molar refractivity (Wildman–Crippen MR) is 69.9 cm³/mol. The minimum absolute atomic E-state index is 0.235. The van der Waals surface area contributed by atoms with Gasteiger partial charge in [0, 0.05) is 6.07 Å². The summed E-state index contributed by atoms with van der Waals surface area (Å²) in [6, 6.07) is 5.51. The van der Waals surface area contributed by atoms with Crippen molar-refractivity contribution >= 4 is 17.6 Å². The van der Waals surface area contributed by atoms with Gasteiger partial charge in [-0.15, -0.1) is 0 Å². The number of benzene rings is 1. The number of anilines is 1. The van der Waals surface area contributed by atoms with Gasteiger partial charge in [0.1, 0.15) is 11.6 Å². The first kappa shape index (κ1) is 14.6. The Morgan fingerprint density at radius 3 is 2.52 bits per heavy atom. The average molecular weight is 292 g/mol. The number of hydrogen-bond acceptors (Lipinski definition) is 3. The topological polar surface area (TPSA) is 79.3 Å². The van der Waals surface area contributed by atoms with E-state index in [1.165, 1.54) is 18.3 Å². The van der Waals surface area contributed by atoms with E-state index in [9.17, 15) is 18.4 Å². The molecule has 0 saturated carbocycles. The Morgan fingerprint density at radius 2 is 1.95 bits per heavy atom. The third-order valence-corrected chi connectivity index (χ3v) is 2.59. The fraction of sp³-hybridized carbons (Fsp3) is 0.0714. The molecule has 108 valence electrons. The zero-order valence-corrected chi connectivity index (χ0v) is 10.6. The summed E-state index contributed by atoms with van der Waals surface area (Å²) in [6.45, 7) is 0. The summed E-state index contributed by atoms with van der Waals surface area (Å²) in [5.41, 5.74) is 0.303. The fourth-order valence-electron chi connectivity index (χ4n) is 1.63. The molecule has 0 aliphatic rings. The highest BCUT2D eigenvalue weighted by atomic mass is 19.1. The van der Waals surface area contributed by atoms with Gasteiger partial charge < -0.3 is 10.4 Å². The highest BCUT2D eigenvalue weighted by Gasteiger charge is 2.13. The molecule has 0 aliphatic carbocycles. The zero-order chi connectivity index (χ0) is 15.4. The summed E-state index contributed by atoms with van der Waals surface area (Å²) < 4.78 is 26.2. The number of pyridine rings is 1. The van der Waals surface area contributed by atoms with Crippen molar-refractivity contribution in [2.45, 2.75) is 6.42 Å². The van der Waals surface area contributed by atoms with Gasteiger partial charge in [0.05, 0.1) is 29.6 Å². The van der Waals surface area contributed by atoms with Crippen molar-refractivity contribution in [2.24, 2.45) is 0 Å². The Hall–Kier alpha value is -2.83. The Kier molecular flexibility index (Phi) is 4.22. The molecule has 0 atom stereocenters. The Morgan fingerprint density at radius 1 is 1.19 bits per heavy atom. The maximum absolute atomic E-state index is 13.4. The molecule has 21 heavy (non-hydrogen) atoms. The fourth-order valence-corrected chi connectivity index (χ4v) is 1.63. The molecule has 0 unspecified atom stereocenters. The average Bonchev–Trinajstić information content (AvgIpc) is 2.40. The number of halogens is 2. The second-order valence-corrected chi connectivity index (χ2v) is 4.19. The van der Waals surface area contributed by atoms with E-state index in [-0.39, 0.29) is 17.7 Å². The van der Waals surface area contributed by atoms with Crippen LogP contribution in [0.25, 0.3) is 0 Å². The number of aromatic nitrogens is 1. The van der Waals surface area contributed by atoms with E-state index in [4.69, 9.17) is 5.11 Å². The standard InChI is InChI=1S/C14H10F2N2O3/c15-8-1-4-11(12(16)5-8)14(21)18-10-3-2-9(17-7-10)6-13(19)20/h1-5,7H,6H2,(H,18,21)(H,19,20). The third-order valence-electron chi connectivity index (χ3n) is 2.59. The number of carboxylic acid groups (broad SMARTS) is 1. The molecule has 1 aromatic heterocycles. The van der Waals surface area contributed by atoms with Gasteiger partial charge in [-0.2, -0.15) is 0 Å². The van der Waals surface area contributed by atoms with Crippen LogP contribution in [0.3, 0.4) is 0 Å². The lowest BCUT2D eigenvalue weighted by atomic mass is 10.2. The molecule has 0 aliphatic heterocycles. The molecule has 0 saturated heterocycles. The summed E-state index contributed by atoms with van der Waals surface area (Å²) in [6.07, 6.45) is 1.03. The molecule has 2 aromatic rings. The van der Waals surface area contributed by atoms with Crippen LogP contribution in [0.4, 0.5) is 14.5 Å². The third kappa shape index (κ3) is 3.82. The number of hydrogen-bond donors (Lipinski definition) is 2. The first-order valence-corrected chi connectivity index (χ1v) is 5.89. The van der Waals surface area contributed by atoms with Crippen molar-refractivity contribution in [3.8, 4) is 0 Å². The number of rotatable bonds is 4. The molecule has 5 nitrogen and oxygen atoms in total. The van der Waals surface area contributed by atoms with Crippen molar-refractivity contribution in [3.05, 3.63) is 59.4 Å². The van der Waals surface area contributed by atoms with Crippen LogP contribution in [-0.4, -0.2) is 22.0 Å². The van der Waals surface area contributed by atoms with Gasteiger partial charge in [-0.3, -0.25) is 14.6 Å². The minimum Gasteiger partial charge on any atom is -0.481 e. The molecule has 7 heteroatoms. The number of carboxylic acids is 1. The van der Waals surface area contributed by atoms with Gasteiger partial charge in [-0.25, -0.2) is 8.78 Å². The molecule has 0 fully saturated rings. The van der Waals surface area contributed by atoms with Crippen LogP contribution in [-0.2, 0) is 11.2 Å². The SMILES string of the molecule is O=C(O)Cc1ccc(NC(=O)c2ccc(F)cc2F)cn1. The Bertz CT molecular complexity index is 687. The van der Waals surface area contributed by atoms with E-state index >= 15 is 0 Å². The van der Waals surface area contributed by atoms with E-state index in [2.05, 4.69) is 10.3 Å². The molecular weight excluding hydrogens is 282 g/mol. The molecule has 2 rings (SSSR count). The number of carbonyl (C=O) groups is 2. The number of nitrogens with zero attached hydrogens (tertiary/aromatic N) is 1. The van der Waals surface area contributed by atoms with E-state index in [0.29, 0.717) is 11.8 Å². The van der Waals surface area contributed by atoms with Gasteiger partial charge in [-0.05, 0) is 24.3 Å². The van der Waals surface area contributed by atoms with Crippen molar-refractivity contribution in [2.75, 3.05) is 5.32 Å². The van der Waals surface area contributed by atoms with E-state index < -0.39 is 23.5 Å². The first-order valence-electron chi connectivity index (χ1n) is 5.89. The van der Waals surface area contributed by atoms with Crippen LogP contribution < -0.4 is 5.32 Å². The largest absolute Gasteiger partial charge is 0.481 e. The van der Waals surface area contributed by atoms with Crippen LogP contribution in [0.2, 0.25) is 0 Å². The van der Waals surface area contributed by atoms with Gasteiger partial charge in [0.15, 0.2) is 0 Å². The summed E-state index contributed by atoms with van der Waals surface area (Å²) in [7, 11) is 0. The maximum Gasteiger partial charge on any atom is 0.309 e. The van der Waals surface area contributed by atoms with Gasteiger partial charge in [-0.1, -0.05) is 0 Å². The van der Waals surface area contributed by atoms with Crippen LogP contribution in [0.1, 0.15) is 16.1 Å². The van der Waals surface area contributed by atoms with Crippen molar-refractivity contribution in [1.82, 2.24) is 4.98 Å². The van der Waals surface area contributed by atoms with E-state index in [1.807, 2.05) is 0 Å². The molecule has 0 bridgehead atoms. The summed E-state index contributed by atoms with van der Waals surface area (Å²) >= 11 is 0. The summed E-state index contributed by atoms with van der Waals surface area (Å²) in [5.74, 6) is -3.51. The van der Waals surface area contributed by atoms with Gasteiger partial charge in [0.25, 0.3) is 5.91 Å². The van der Waals surface area contributed by atoms with Crippen LogP contribution in [0.5, 0.6) is 0 Å². The normalized spacial score (nSPS) is 10.2. The molecule has 0 radical (unpaired) electrons. The van der Waals surface area contributed by atoms with E-state index in [1.54, 1.807) is 0 Å². The Labute approximate surface area is 118 Å². The Balaban J connectivity index is 2.10. The lowest BCUT2D eigenvalue weighted by Gasteiger charge is -2.06. The molecular formula is C14H10F2N2O3. The van der Waals surface area contributed by atoms with Gasteiger partial charge in [0.2, 0.25) is 0 Å².